The first kappa shape index (κ1) is 14.9. The largest absolute Gasteiger partial charge is 0.494 e. The Balaban J connectivity index is 1.73. The quantitative estimate of drug-likeness (QED) is 0.752. The summed E-state index contributed by atoms with van der Waals surface area (Å²) in [6.07, 6.45) is 3.66. The number of hydrogen-bond donors (Lipinski definition) is 0. The maximum Gasteiger partial charge on any atom is 0.250 e. The van der Waals surface area contributed by atoms with Gasteiger partial charge in [-0.3, -0.25) is 4.79 Å². The molecular formula is C16H18BrNO2. The standard InChI is InChI=1S/C16H18BrNO2/c1-13-4-7-15(8-5-13)20-11-3-2-10-18-12-14(17)6-9-16(18)19/h4-9,12H,2-3,10-11H2,1H3. The van der Waals surface area contributed by atoms with Gasteiger partial charge in [-0.2, -0.15) is 0 Å². The fraction of sp³-hybridized carbons (Fsp3) is 0.312. The predicted octanol–water partition coefficient (Wildman–Crippen LogP) is 3.78. The maximum atomic E-state index is 11.6. The molecule has 0 fully saturated rings. The molecule has 3 nitrogen and oxygen atoms in total. The van der Waals surface area contributed by atoms with Crippen LogP contribution in [0.25, 0.3) is 0 Å². The fourth-order valence-electron chi connectivity index (χ4n) is 1.89. The van der Waals surface area contributed by atoms with Crippen LogP contribution >= 0.6 is 15.9 Å². The van der Waals surface area contributed by atoms with Crippen LogP contribution in [0.5, 0.6) is 5.75 Å². The monoisotopic (exact) mass is 335 g/mol. The molecule has 1 aromatic heterocycles. The van der Waals surface area contributed by atoms with Crippen molar-refractivity contribution >= 4 is 15.9 Å². The van der Waals surface area contributed by atoms with Crippen LogP contribution in [0, 0.1) is 6.92 Å². The molecule has 0 saturated heterocycles. The predicted molar refractivity (Wildman–Crippen MR) is 84.3 cm³/mol. The number of hydrogen-bond acceptors (Lipinski definition) is 2. The number of unbranched alkanes of at least 4 members (excludes halogenated alkanes) is 1. The topological polar surface area (TPSA) is 31.2 Å². The first-order chi connectivity index (χ1) is 9.65. The molecule has 0 aliphatic carbocycles. The number of aromatic nitrogens is 1. The van der Waals surface area contributed by atoms with E-state index in [1.807, 2.05) is 30.5 Å². The molecule has 1 heterocycles. The number of aryl methyl sites for hydroxylation is 2. The fourth-order valence-corrected chi connectivity index (χ4v) is 2.26. The van der Waals surface area contributed by atoms with Crippen molar-refractivity contribution in [1.82, 2.24) is 4.57 Å². The van der Waals surface area contributed by atoms with Gasteiger partial charge in [0.1, 0.15) is 5.75 Å². The number of ether oxygens (including phenoxy) is 1. The zero-order valence-electron chi connectivity index (χ0n) is 11.5. The molecule has 1 aromatic carbocycles. The molecule has 0 spiro atoms. The highest BCUT2D eigenvalue weighted by molar-refractivity contribution is 9.10. The van der Waals surface area contributed by atoms with E-state index >= 15 is 0 Å². The van der Waals surface area contributed by atoms with Crippen molar-refractivity contribution in [2.24, 2.45) is 0 Å². The van der Waals surface area contributed by atoms with Crippen LogP contribution in [0.2, 0.25) is 0 Å². The van der Waals surface area contributed by atoms with Gasteiger partial charge in [0.15, 0.2) is 0 Å². The number of nitrogens with zero attached hydrogens (tertiary/aromatic N) is 1. The molecular weight excluding hydrogens is 318 g/mol. The maximum absolute atomic E-state index is 11.6. The second kappa shape index (κ2) is 7.29. The normalized spacial score (nSPS) is 10.5. The second-order valence-electron chi connectivity index (χ2n) is 4.75. The Morgan fingerprint density at radius 3 is 2.60 bits per heavy atom. The van der Waals surface area contributed by atoms with Crippen molar-refractivity contribution in [3.05, 3.63) is 63.0 Å². The molecule has 2 aromatic rings. The lowest BCUT2D eigenvalue weighted by molar-refractivity contribution is 0.303. The molecule has 0 unspecified atom stereocenters. The minimum absolute atomic E-state index is 0.0349. The number of rotatable bonds is 6. The second-order valence-corrected chi connectivity index (χ2v) is 5.66. The van der Waals surface area contributed by atoms with E-state index < -0.39 is 0 Å². The van der Waals surface area contributed by atoms with Gasteiger partial charge in [0, 0.05) is 23.3 Å². The van der Waals surface area contributed by atoms with Crippen LogP contribution in [0.1, 0.15) is 18.4 Å². The third kappa shape index (κ3) is 4.53. The molecule has 0 atom stereocenters. The molecule has 0 N–H and O–H groups in total. The van der Waals surface area contributed by atoms with Crippen LogP contribution in [-0.2, 0) is 6.54 Å². The van der Waals surface area contributed by atoms with Crippen LogP contribution in [0.3, 0.4) is 0 Å². The van der Waals surface area contributed by atoms with E-state index in [1.165, 1.54) is 5.56 Å². The molecule has 0 saturated carbocycles. The SMILES string of the molecule is Cc1ccc(OCCCCn2cc(Br)ccc2=O)cc1. The van der Waals surface area contributed by atoms with E-state index in [-0.39, 0.29) is 5.56 Å². The van der Waals surface area contributed by atoms with Crippen LogP contribution in [0.4, 0.5) is 0 Å². The molecule has 0 radical (unpaired) electrons. The van der Waals surface area contributed by atoms with Gasteiger partial charge in [-0.1, -0.05) is 17.7 Å². The molecule has 2 rings (SSSR count). The van der Waals surface area contributed by atoms with Gasteiger partial charge in [0.2, 0.25) is 0 Å². The average molecular weight is 336 g/mol. The third-order valence-corrected chi connectivity index (χ3v) is 3.50. The van der Waals surface area contributed by atoms with Crippen molar-refractivity contribution in [3.8, 4) is 5.75 Å². The van der Waals surface area contributed by atoms with Crippen LogP contribution < -0.4 is 10.3 Å². The highest BCUT2D eigenvalue weighted by atomic mass is 79.9. The van der Waals surface area contributed by atoms with Gasteiger partial charge < -0.3 is 9.30 Å². The third-order valence-electron chi connectivity index (χ3n) is 3.03. The minimum Gasteiger partial charge on any atom is -0.494 e. The molecule has 0 aliphatic heterocycles. The van der Waals surface area contributed by atoms with Gasteiger partial charge in [-0.25, -0.2) is 0 Å². The summed E-state index contributed by atoms with van der Waals surface area (Å²) in [5, 5.41) is 0. The first-order valence-electron chi connectivity index (χ1n) is 6.70. The smallest absolute Gasteiger partial charge is 0.250 e. The Labute approximate surface area is 127 Å². The van der Waals surface area contributed by atoms with Crippen molar-refractivity contribution in [2.75, 3.05) is 6.61 Å². The average Bonchev–Trinajstić information content (AvgIpc) is 2.44. The Morgan fingerprint density at radius 1 is 1.10 bits per heavy atom. The first-order valence-corrected chi connectivity index (χ1v) is 7.50. The summed E-state index contributed by atoms with van der Waals surface area (Å²) in [6.45, 7) is 3.45. The summed E-state index contributed by atoms with van der Waals surface area (Å²) in [4.78, 5) is 11.6. The Hall–Kier alpha value is -1.55. The van der Waals surface area contributed by atoms with E-state index in [9.17, 15) is 4.79 Å². The number of benzene rings is 1. The zero-order chi connectivity index (χ0) is 14.4. The van der Waals surface area contributed by atoms with E-state index in [0.717, 1.165) is 29.6 Å². The van der Waals surface area contributed by atoms with Gasteiger partial charge in [0.05, 0.1) is 6.61 Å². The van der Waals surface area contributed by atoms with Crippen molar-refractivity contribution in [3.63, 3.8) is 0 Å². The summed E-state index contributed by atoms with van der Waals surface area (Å²) in [5.41, 5.74) is 1.26. The molecule has 0 amide bonds. The van der Waals surface area contributed by atoms with E-state index in [4.69, 9.17) is 4.74 Å². The van der Waals surface area contributed by atoms with Gasteiger partial charge in [-0.05, 0) is 53.9 Å². The lowest BCUT2D eigenvalue weighted by atomic mass is 10.2. The lowest BCUT2D eigenvalue weighted by Gasteiger charge is -2.08. The van der Waals surface area contributed by atoms with Crippen molar-refractivity contribution in [1.29, 1.82) is 0 Å². The summed E-state index contributed by atoms with van der Waals surface area (Å²) in [7, 11) is 0. The Kier molecular flexibility index (Phi) is 5.41. The van der Waals surface area contributed by atoms with Crippen molar-refractivity contribution < 1.29 is 4.74 Å². The van der Waals surface area contributed by atoms with Crippen molar-refractivity contribution in [2.45, 2.75) is 26.3 Å². The molecule has 106 valence electrons. The highest BCUT2D eigenvalue weighted by Crippen LogP contribution is 2.12. The van der Waals surface area contributed by atoms with Gasteiger partial charge in [-0.15, -0.1) is 0 Å². The molecule has 0 bridgehead atoms. The molecule has 0 aliphatic rings. The van der Waals surface area contributed by atoms with Gasteiger partial charge >= 0.3 is 0 Å². The highest BCUT2D eigenvalue weighted by Gasteiger charge is 1.98. The number of pyridine rings is 1. The zero-order valence-corrected chi connectivity index (χ0v) is 13.1. The van der Waals surface area contributed by atoms with E-state index in [2.05, 4.69) is 22.9 Å². The lowest BCUT2D eigenvalue weighted by Crippen LogP contribution is -2.18. The summed E-state index contributed by atoms with van der Waals surface area (Å²) < 4.78 is 8.30. The Bertz CT molecular complexity index is 605. The minimum atomic E-state index is 0.0349. The summed E-state index contributed by atoms with van der Waals surface area (Å²) >= 11 is 3.37. The van der Waals surface area contributed by atoms with Crippen LogP contribution in [0.15, 0.2) is 51.9 Å². The summed E-state index contributed by atoms with van der Waals surface area (Å²) in [5.74, 6) is 0.898. The summed E-state index contributed by atoms with van der Waals surface area (Å²) in [6, 6.07) is 11.4. The molecule has 20 heavy (non-hydrogen) atoms. The van der Waals surface area contributed by atoms with Gasteiger partial charge in [0.25, 0.3) is 5.56 Å². The van der Waals surface area contributed by atoms with E-state index in [1.54, 1.807) is 16.7 Å². The molecule has 4 heteroatoms. The van der Waals surface area contributed by atoms with E-state index in [0.29, 0.717) is 6.61 Å². The number of halogens is 1. The Morgan fingerprint density at radius 2 is 1.85 bits per heavy atom. The van der Waals surface area contributed by atoms with Crippen LogP contribution in [-0.4, -0.2) is 11.2 Å².